The normalized spacial score (nSPS) is 14.1. The highest BCUT2D eigenvalue weighted by molar-refractivity contribution is 5.46. The van der Waals surface area contributed by atoms with Gasteiger partial charge < -0.3 is 19.9 Å². The summed E-state index contributed by atoms with van der Waals surface area (Å²) in [4.78, 5) is 0. The molecule has 0 aromatic heterocycles. The zero-order chi connectivity index (χ0) is 15.2. The standard InChI is InChI=1S/C16H27NO3/c1-12-10-13(2)15(14(11-12)20-5)16(3,18)6-7-17-8-9-19-4/h10-11,17-18H,6-9H2,1-5H3. The van der Waals surface area contributed by atoms with E-state index in [0.29, 0.717) is 13.0 Å². The summed E-state index contributed by atoms with van der Waals surface area (Å²) < 4.78 is 10.4. The summed E-state index contributed by atoms with van der Waals surface area (Å²) in [5.41, 5.74) is 2.16. The smallest absolute Gasteiger partial charge is 0.125 e. The van der Waals surface area contributed by atoms with Crippen LogP contribution in [0.15, 0.2) is 12.1 Å². The maximum absolute atomic E-state index is 10.8. The van der Waals surface area contributed by atoms with E-state index in [1.165, 1.54) is 0 Å². The minimum atomic E-state index is -0.913. The fourth-order valence-corrected chi connectivity index (χ4v) is 2.54. The Morgan fingerprint density at radius 2 is 1.90 bits per heavy atom. The molecule has 1 aromatic rings. The van der Waals surface area contributed by atoms with E-state index in [1.54, 1.807) is 14.2 Å². The molecular formula is C16H27NO3. The molecule has 0 radical (unpaired) electrons. The average Bonchev–Trinajstić information content (AvgIpc) is 2.36. The number of hydrogen-bond acceptors (Lipinski definition) is 4. The molecule has 0 spiro atoms. The van der Waals surface area contributed by atoms with Crippen LogP contribution in [-0.4, -0.2) is 39.0 Å². The van der Waals surface area contributed by atoms with Gasteiger partial charge in [0.1, 0.15) is 5.75 Å². The Morgan fingerprint density at radius 1 is 1.20 bits per heavy atom. The second kappa shape index (κ2) is 7.62. The molecule has 4 nitrogen and oxygen atoms in total. The third kappa shape index (κ3) is 4.47. The number of benzene rings is 1. The summed E-state index contributed by atoms with van der Waals surface area (Å²) in [7, 11) is 3.32. The highest BCUT2D eigenvalue weighted by Crippen LogP contribution is 2.35. The molecule has 0 heterocycles. The summed E-state index contributed by atoms with van der Waals surface area (Å²) >= 11 is 0. The molecule has 2 N–H and O–H groups in total. The molecule has 0 fully saturated rings. The van der Waals surface area contributed by atoms with Crippen molar-refractivity contribution in [1.82, 2.24) is 5.32 Å². The first-order chi connectivity index (χ1) is 9.42. The maximum atomic E-state index is 10.8. The van der Waals surface area contributed by atoms with E-state index in [0.717, 1.165) is 35.5 Å². The lowest BCUT2D eigenvalue weighted by molar-refractivity contribution is 0.0443. The first-order valence-corrected chi connectivity index (χ1v) is 7.00. The molecule has 0 aliphatic carbocycles. The van der Waals surface area contributed by atoms with Crippen molar-refractivity contribution in [1.29, 1.82) is 0 Å². The quantitative estimate of drug-likeness (QED) is 0.717. The van der Waals surface area contributed by atoms with Crippen molar-refractivity contribution in [3.63, 3.8) is 0 Å². The van der Waals surface area contributed by atoms with Crippen molar-refractivity contribution < 1.29 is 14.6 Å². The van der Waals surface area contributed by atoms with E-state index in [4.69, 9.17) is 9.47 Å². The Morgan fingerprint density at radius 3 is 2.50 bits per heavy atom. The highest BCUT2D eigenvalue weighted by atomic mass is 16.5. The molecule has 1 unspecified atom stereocenters. The number of rotatable bonds is 8. The van der Waals surface area contributed by atoms with Gasteiger partial charge in [0.15, 0.2) is 0 Å². The van der Waals surface area contributed by atoms with Crippen molar-refractivity contribution in [2.45, 2.75) is 32.8 Å². The third-order valence-corrected chi connectivity index (χ3v) is 3.47. The topological polar surface area (TPSA) is 50.7 Å². The van der Waals surface area contributed by atoms with Crippen LogP contribution in [0.1, 0.15) is 30.0 Å². The second-order valence-electron chi connectivity index (χ2n) is 5.43. The van der Waals surface area contributed by atoms with Gasteiger partial charge in [-0.05, 0) is 50.9 Å². The van der Waals surface area contributed by atoms with Crippen molar-refractivity contribution >= 4 is 0 Å². The fourth-order valence-electron chi connectivity index (χ4n) is 2.54. The zero-order valence-electron chi connectivity index (χ0n) is 13.2. The SMILES string of the molecule is COCCNCCC(C)(O)c1c(C)cc(C)cc1OC. The summed E-state index contributed by atoms with van der Waals surface area (Å²) in [5.74, 6) is 0.754. The molecule has 0 aliphatic rings. The number of nitrogens with one attached hydrogen (secondary N) is 1. The minimum absolute atomic E-state index is 0.622. The van der Waals surface area contributed by atoms with Gasteiger partial charge >= 0.3 is 0 Å². The Labute approximate surface area is 122 Å². The lowest BCUT2D eigenvalue weighted by atomic mass is 9.87. The first kappa shape index (κ1) is 17.0. The van der Waals surface area contributed by atoms with Gasteiger partial charge in [0.2, 0.25) is 0 Å². The van der Waals surface area contributed by atoms with Gasteiger partial charge in [-0.3, -0.25) is 0 Å². The lowest BCUT2D eigenvalue weighted by Crippen LogP contribution is -2.30. The number of hydrogen-bond donors (Lipinski definition) is 2. The van der Waals surface area contributed by atoms with Gasteiger partial charge in [0.05, 0.1) is 19.3 Å². The van der Waals surface area contributed by atoms with E-state index < -0.39 is 5.60 Å². The molecule has 20 heavy (non-hydrogen) atoms. The van der Waals surface area contributed by atoms with Crippen LogP contribution in [0.25, 0.3) is 0 Å². The Hall–Kier alpha value is -1.10. The van der Waals surface area contributed by atoms with Gasteiger partial charge in [-0.2, -0.15) is 0 Å². The van der Waals surface area contributed by atoms with Crippen molar-refractivity contribution in [2.75, 3.05) is 33.9 Å². The monoisotopic (exact) mass is 281 g/mol. The van der Waals surface area contributed by atoms with E-state index in [-0.39, 0.29) is 0 Å². The van der Waals surface area contributed by atoms with Gasteiger partial charge in [0, 0.05) is 19.2 Å². The maximum Gasteiger partial charge on any atom is 0.125 e. The lowest BCUT2D eigenvalue weighted by Gasteiger charge is -2.28. The minimum Gasteiger partial charge on any atom is -0.496 e. The fraction of sp³-hybridized carbons (Fsp3) is 0.625. The largest absolute Gasteiger partial charge is 0.496 e. The molecule has 0 saturated heterocycles. The van der Waals surface area contributed by atoms with E-state index in [2.05, 4.69) is 11.4 Å². The Kier molecular flexibility index (Phi) is 6.46. The van der Waals surface area contributed by atoms with Crippen LogP contribution in [-0.2, 0) is 10.3 Å². The van der Waals surface area contributed by atoms with Crippen LogP contribution in [0.2, 0.25) is 0 Å². The molecule has 0 bridgehead atoms. The van der Waals surface area contributed by atoms with E-state index in [1.807, 2.05) is 26.8 Å². The van der Waals surface area contributed by atoms with Crippen molar-refractivity contribution in [3.8, 4) is 5.75 Å². The van der Waals surface area contributed by atoms with Gasteiger partial charge in [-0.15, -0.1) is 0 Å². The predicted molar refractivity (Wildman–Crippen MR) is 81.4 cm³/mol. The molecule has 1 rings (SSSR count). The molecule has 1 atom stereocenters. The number of aliphatic hydroxyl groups is 1. The highest BCUT2D eigenvalue weighted by Gasteiger charge is 2.28. The predicted octanol–water partition coefficient (Wildman–Crippen LogP) is 2.15. The van der Waals surface area contributed by atoms with Crippen LogP contribution < -0.4 is 10.1 Å². The number of methoxy groups -OCH3 is 2. The van der Waals surface area contributed by atoms with Gasteiger partial charge in [-0.1, -0.05) is 6.07 Å². The second-order valence-corrected chi connectivity index (χ2v) is 5.43. The summed E-state index contributed by atoms with van der Waals surface area (Å²) in [5, 5.41) is 14.0. The Bertz CT molecular complexity index is 430. The van der Waals surface area contributed by atoms with E-state index >= 15 is 0 Å². The van der Waals surface area contributed by atoms with E-state index in [9.17, 15) is 5.11 Å². The molecule has 114 valence electrons. The summed E-state index contributed by atoms with van der Waals surface area (Å²) in [6.07, 6.45) is 0.622. The molecular weight excluding hydrogens is 254 g/mol. The number of aryl methyl sites for hydroxylation is 2. The molecule has 0 saturated carbocycles. The van der Waals surface area contributed by atoms with Crippen molar-refractivity contribution in [2.24, 2.45) is 0 Å². The van der Waals surface area contributed by atoms with Crippen LogP contribution in [0, 0.1) is 13.8 Å². The summed E-state index contributed by atoms with van der Waals surface area (Å²) in [6.45, 7) is 8.07. The van der Waals surface area contributed by atoms with Crippen molar-refractivity contribution in [3.05, 3.63) is 28.8 Å². The van der Waals surface area contributed by atoms with Gasteiger partial charge in [-0.25, -0.2) is 0 Å². The molecule has 0 aliphatic heterocycles. The van der Waals surface area contributed by atoms with Crippen LogP contribution in [0.4, 0.5) is 0 Å². The zero-order valence-corrected chi connectivity index (χ0v) is 13.2. The Balaban J connectivity index is 2.81. The van der Waals surface area contributed by atoms with Crippen LogP contribution in [0.5, 0.6) is 5.75 Å². The van der Waals surface area contributed by atoms with Gasteiger partial charge in [0.25, 0.3) is 0 Å². The van der Waals surface area contributed by atoms with Crippen LogP contribution in [0.3, 0.4) is 0 Å². The first-order valence-electron chi connectivity index (χ1n) is 7.00. The number of ether oxygens (including phenoxy) is 2. The molecule has 1 aromatic carbocycles. The molecule has 0 amide bonds. The summed E-state index contributed by atoms with van der Waals surface area (Å²) in [6, 6.07) is 4.04. The average molecular weight is 281 g/mol. The molecule has 4 heteroatoms. The van der Waals surface area contributed by atoms with Crippen LogP contribution >= 0.6 is 0 Å². The third-order valence-electron chi connectivity index (χ3n) is 3.47.